The van der Waals surface area contributed by atoms with Gasteiger partial charge in [-0.1, -0.05) is 29.8 Å². The summed E-state index contributed by atoms with van der Waals surface area (Å²) in [4.78, 5) is 16.5. The van der Waals surface area contributed by atoms with Crippen molar-refractivity contribution in [2.75, 3.05) is 13.7 Å². The lowest BCUT2D eigenvalue weighted by Crippen LogP contribution is -2.33. The van der Waals surface area contributed by atoms with Crippen molar-refractivity contribution in [3.8, 4) is 0 Å². The fourth-order valence-electron chi connectivity index (χ4n) is 1.91. The van der Waals surface area contributed by atoms with Crippen LogP contribution in [0.4, 0.5) is 0 Å². The monoisotopic (exact) mass is 292 g/mol. The second-order valence-corrected chi connectivity index (χ2v) is 5.07. The first-order valence-corrected chi connectivity index (χ1v) is 6.84. The van der Waals surface area contributed by atoms with Gasteiger partial charge in [0.15, 0.2) is 0 Å². The Morgan fingerprint density at radius 2 is 2.20 bits per heavy atom. The topological polar surface area (TPSA) is 51.2 Å². The molecule has 0 aliphatic heterocycles. The largest absolute Gasteiger partial charge is 0.385 e. The van der Waals surface area contributed by atoms with Crippen LogP contribution in [0.25, 0.3) is 10.9 Å². The van der Waals surface area contributed by atoms with Crippen molar-refractivity contribution >= 4 is 28.4 Å². The van der Waals surface area contributed by atoms with Gasteiger partial charge in [0, 0.05) is 25.1 Å². The number of hydrogen-bond donors (Lipinski definition) is 1. The van der Waals surface area contributed by atoms with E-state index in [0.717, 1.165) is 17.3 Å². The van der Waals surface area contributed by atoms with Crippen molar-refractivity contribution in [3.63, 3.8) is 0 Å². The first kappa shape index (κ1) is 14.8. The van der Waals surface area contributed by atoms with Gasteiger partial charge >= 0.3 is 0 Å². The Morgan fingerprint density at radius 3 is 2.95 bits per heavy atom. The third-order valence-corrected chi connectivity index (χ3v) is 3.34. The maximum atomic E-state index is 12.1. The van der Waals surface area contributed by atoms with Gasteiger partial charge in [-0.2, -0.15) is 0 Å². The molecule has 1 aromatic carbocycles. The molecule has 0 saturated carbocycles. The molecule has 1 heterocycles. The van der Waals surface area contributed by atoms with Crippen LogP contribution >= 0.6 is 11.6 Å². The minimum absolute atomic E-state index is 0.0227. The van der Waals surface area contributed by atoms with E-state index >= 15 is 0 Å². The number of rotatable bonds is 5. The maximum absolute atomic E-state index is 12.1. The normalized spacial score (nSPS) is 12.3. The standard InChI is InChI=1S/C15H17ClN2O2/c1-10(7-8-20-2)17-15(19)14-9-12(16)11-5-3-4-6-13(11)18-14/h3-6,9-10H,7-8H2,1-2H3,(H,17,19). The minimum Gasteiger partial charge on any atom is -0.385 e. The van der Waals surface area contributed by atoms with Crippen LogP contribution in [0.5, 0.6) is 0 Å². The van der Waals surface area contributed by atoms with Gasteiger partial charge in [0.25, 0.3) is 5.91 Å². The summed E-state index contributed by atoms with van der Waals surface area (Å²) in [5, 5.41) is 4.26. The van der Waals surface area contributed by atoms with Crippen LogP contribution in [0.1, 0.15) is 23.8 Å². The number of nitrogens with one attached hydrogen (secondary N) is 1. The highest BCUT2D eigenvalue weighted by atomic mass is 35.5. The molecule has 1 N–H and O–H groups in total. The summed E-state index contributed by atoms with van der Waals surface area (Å²) in [5.74, 6) is -0.221. The third-order valence-electron chi connectivity index (χ3n) is 3.03. The summed E-state index contributed by atoms with van der Waals surface area (Å²) in [5.41, 5.74) is 1.05. The first-order valence-electron chi connectivity index (χ1n) is 6.47. The molecule has 0 spiro atoms. The van der Waals surface area contributed by atoms with Crippen molar-refractivity contribution < 1.29 is 9.53 Å². The van der Waals surface area contributed by atoms with Gasteiger partial charge in [0.2, 0.25) is 0 Å². The van der Waals surface area contributed by atoms with Crippen LogP contribution < -0.4 is 5.32 Å². The van der Waals surface area contributed by atoms with Crippen molar-refractivity contribution in [1.29, 1.82) is 0 Å². The predicted octanol–water partition coefficient (Wildman–Crippen LogP) is 3.04. The number of amides is 1. The summed E-state index contributed by atoms with van der Waals surface area (Å²) < 4.78 is 4.99. The highest BCUT2D eigenvalue weighted by Crippen LogP contribution is 2.22. The van der Waals surface area contributed by atoms with Gasteiger partial charge in [-0.05, 0) is 25.5 Å². The van der Waals surface area contributed by atoms with Crippen LogP contribution in [0.3, 0.4) is 0 Å². The summed E-state index contributed by atoms with van der Waals surface area (Å²) in [6, 6.07) is 9.11. The molecular formula is C15H17ClN2O2. The fourth-order valence-corrected chi connectivity index (χ4v) is 2.18. The van der Waals surface area contributed by atoms with E-state index in [2.05, 4.69) is 10.3 Å². The average Bonchev–Trinajstić information content (AvgIpc) is 2.45. The highest BCUT2D eigenvalue weighted by molar-refractivity contribution is 6.35. The SMILES string of the molecule is COCCC(C)NC(=O)c1cc(Cl)c2ccccc2n1. The van der Waals surface area contributed by atoms with E-state index < -0.39 is 0 Å². The number of fused-ring (bicyclic) bond motifs is 1. The molecule has 20 heavy (non-hydrogen) atoms. The molecule has 1 atom stereocenters. The molecule has 2 aromatic rings. The Labute approximate surface area is 123 Å². The van der Waals surface area contributed by atoms with Crippen LogP contribution in [-0.2, 0) is 4.74 Å². The number of carbonyl (C=O) groups is 1. The van der Waals surface area contributed by atoms with E-state index in [0.29, 0.717) is 17.3 Å². The van der Waals surface area contributed by atoms with Crippen LogP contribution in [-0.4, -0.2) is 30.6 Å². The van der Waals surface area contributed by atoms with Crippen molar-refractivity contribution in [3.05, 3.63) is 41.0 Å². The Kier molecular flexibility index (Phi) is 4.93. The second-order valence-electron chi connectivity index (χ2n) is 4.66. The smallest absolute Gasteiger partial charge is 0.270 e. The van der Waals surface area contributed by atoms with E-state index in [-0.39, 0.29) is 11.9 Å². The molecule has 1 aromatic heterocycles. The molecule has 0 saturated heterocycles. The summed E-state index contributed by atoms with van der Waals surface area (Å²) in [6.45, 7) is 2.53. The van der Waals surface area contributed by atoms with Crippen LogP contribution in [0, 0.1) is 0 Å². The number of hydrogen-bond acceptors (Lipinski definition) is 3. The van der Waals surface area contributed by atoms with E-state index in [4.69, 9.17) is 16.3 Å². The van der Waals surface area contributed by atoms with Gasteiger partial charge in [0.1, 0.15) is 5.69 Å². The molecule has 0 radical (unpaired) electrons. The van der Waals surface area contributed by atoms with Crippen molar-refractivity contribution in [1.82, 2.24) is 10.3 Å². The summed E-state index contributed by atoms with van der Waals surface area (Å²) in [7, 11) is 1.64. The third kappa shape index (κ3) is 3.46. The number of ether oxygens (including phenoxy) is 1. The van der Waals surface area contributed by atoms with Gasteiger partial charge < -0.3 is 10.1 Å². The molecule has 5 heteroatoms. The van der Waals surface area contributed by atoms with E-state index in [1.165, 1.54) is 0 Å². The molecular weight excluding hydrogens is 276 g/mol. The van der Waals surface area contributed by atoms with Crippen molar-refractivity contribution in [2.45, 2.75) is 19.4 Å². The maximum Gasteiger partial charge on any atom is 0.270 e. The lowest BCUT2D eigenvalue weighted by atomic mass is 10.2. The van der Waals surface area contributed by atoms with Gasteiger partial charge in [-0.15, -0.1) is 0 Å². The predicted molar refractivity (Wildman–Crippen MR) is 80.2 cm³/mol. The second kappa shape index (κ2) is 6.68. The zero-order chi connectivity index (χ0) is 14.5. The number of pyridine rings is 1. The Hall–Kier alpha value is -1.65. The first-order chi connectivity index (χ1) is 9.61. The zero-order valence-electron chi connectivity index (χ0n) is 11.5. The van der Waals surface area contributed by atoms with Crippen LogP contribution in [0.15, 0.2) is 30.3 Å². The zero-order valence-corrected chi connectivity index (χ0v) is 12.3. The summed E-state index contributed by atoms with van der Waals surface area (Å²) >= 11 is 6.19. The van der Waals surface area contributed by atoms with Gasteiger partial charge in [-0.3, -0.25) is 4.79 Å². The molecule has 0 bridgehead atoms. The quantitative estimate of drug-likeness (QED) is 0.921. The number of benzene rings is 1. The van der Waals surface area contributed by atoms with Gasteiger partial charge in [0.05, 0.1) is 10.5 Å². The number of methoxy groups -OCH3 is 1. The van der Waals surface area contributed by atoms with Crippen LogP contribution in [0.2, 0.25) is 5.02 Å². The Morgan fingerprint density at radius 1 is 1.45 bits per heavy atom. The fraction of sp³-hybridized carbons (Fsp3) is 0.333. The Bertz CT molecular complexity index is 616. The lowest BCUT2D eigenvalue weighted by Gasteiger charge is -2.13. The molecule has 4 nitrogen and oxygen atoms in total. The number of halogens is 1. The number of para-hydroxylation sites is 1. The summed E-state index contributed by atoms with van der Waals surface area (Å²) in [6.07, 6.45) is 0.754. The number of carbonyl (C=O) groups excluding carboxylic acids is 1. The molecule has 1 amide bonds. The van der Waals surface area contributed by atoms with E-state index in [1.54, 1.807) is 13.2 Å². The number of nitrogens with zero attached hydrogens (tertiary/aromatic N) is 1. The van der Waals surface area contributed by atoms with E-state index in [1.807, 2.05) is 31.2 Å². The number of aromatic nitrogens is 1. The van der Waals surface area contributed by atoms with E-state index in [9.17, 15) is 4.79 Å². The molecule has 106 valence electrons. The molecule has 1 unspecified atom stereocenters. The Balaban J connectivity index is 2.18. The highest BCUT2D eigenvalue weighted by Gasteiger charge is 2.13. The molecule has 0 fully saturated rings. The van der Waals surface area contributed by atoms with Crippen molar-refractivity contribution in [2.24, 2.45) is 0 Å². The van der Waals surface area contributed by atoms with Gasteiger partial charge in [-0.25, -0.2) is 4.98 Å². The molecule has 2 rings (SSSR count). The molecule has 0 aliphatic carbocycles. The minimum atomic E-state index is -0.221. The average molecular weight is 293 g/mol. The lowest BCUT2D eigenvalue weighted by molar-refractivity contribution is 0.0925. The molecule has 0 aliphatic rings.